The van der Waals surface area contributed by atoms with E-state index in [0.717, 1.165) is 0 Å². The fourth-order valence-electron chi connectivity index (χ4n) is 2.06. The van der Waals surface area contributed by atoms with Gasteiger partial charge in [0, 0.05) is 19.5 Å². The van der Waals surface area contributed by atoms with Crippen LogP contribution in [0.2, 0.25) is 0 Å². The maximum absolute atomic E-state index is 11.9. The smallest absolute Gasteiger partial charge is 0.311 e. The largest absolute Gasteiger partial charge is 0.500 e. The molecule has 0 saturated carbocycles. The Morgan fingerprint density at radius 2 is 2.31 bits per heavy atom. The number of hydrogen-bond acceptors (Lipinski definition) is 3. The Labute approximate surface area is 93.7 Å². The monoisotopic (exact) mass is 225 g/mol. The molecule has 0 aromatic carbocycles. The Balaban J connectivity index is 2.03. The van der Waals surface area contributed by atoms with Gasteiger partial charge in [-0.1, -0.05) is 0 Å². The first-order valence-corrected chi connectivity index (χ1v) is 5.36. The normalized spacial score (nSPS) is 28.8. The number of aliphatic carboxylic acids is 1. The third-order valence-corrected chi connectivity index (χ3v) is 3.27. The van der Waals surface area contributed by atoms with Crippen LogP contribution in [-0.2, 0) is 14.3 Å². The van der Waals surface area contributed by atoms with Gasteiger partial charge in [0.05, 0.1) is 23.9 Å². The molecule has 0 aromatic heterocycles. The van der Waals surface area contributed by atoms with Gasteiger partial charge in [-0.15, -0.1) is 0 Å². The molecule has 16 heavy (non-hydrogen) atoms. The number of carboxylic acids is 1. The molecular formula is C11H15NO4. The number of rotatable bonds is 2. The van der Waals surface area contributed by atoms with Gasteiger partial charge in [0.2, 0.25) is 0 Å². The predicted octanol–water partition coefficient (Wildman–Crippen LogP) is 0.614. The van der Waals surface area contributed by atoms with Gasteiger partial charge in [-0.3, -0.25) is 9.59 Å². The molecule has 1 saturated heterocycles. The molecule has 1 unspecified atom stereocenters. The van der Waals surface area contributed by atoms with Crippen LogP contribution >= 0.6 is 0 Å². The number of ether oxygens (including phenoxy) is 1. The van der Waals surface area contributed by atoms with Crippen molar-refractivity contribution >= 4 is 11.9 Å². The summed E-state index contributed by atoms with van der Waals surface area (Å²) in [5.41, 5.74) is -0.148. The van der Waals surface area contributed by atoms with Gasteiger partial charge in [-0.25, -0.2) is 0 Å². The topological polar surface area (TPSA) is 66.8 Å². The van der Waals surface area contributed by atoms with Crippen LogP contribution < -0.4 is 0 Å². The van der Waals surface area contributed by atoms with E-state index < -0.39 is 11.4 Å². The van der Waals surface area contributed by atoms with Gasteiger partial charge >= 0.3 is 5.97 Å². The zero-order valence-corrected chi connectivity index (χ0v) is 9.23. The van der Waals surface area contributed by atoms with Gasteiger partial charge in [0.25, 0.3) is 5.91 Å². The number of nitrogens with zero attached hydrogens (tertiary/aromatic N) is 1. The maximum Gasteiger partial charge on any atom is 0.311 e. The predicted molar refractivity (Wildman–Crippen MR) is 55.6 cm³/mol. The third kappa shape index (κ3) is 1.77. The molecule has 1 amide bonds. The Bertz CT molecular complexity index is 363. The molecule has 1 atom stereocenters. The summed E-state index contributed by atoms with van der Waals surface area (Å²) in [5.74, 6) is -0.915. The molecule has 1 N–H and O–H groups in total. The van der Waals surface area contributed by atoms with Gasteiger partial charge in [-0.2, -0.15) is 0 Å². The lowest BCUT2D eigenvalue weighted by molar-refractivity contribution is -0.147. The highest BCUT2D eigenvalue weighted by atomic mass is 16.5. The first-order chi connectivity index (χ1) is 7.53. The molecule has 0 aromatic rings. The van der Waals surface area contributed by atoms with Crippen LogP contribution in [0.3, 0.4) is 0 Å². The van der Waals surface area contributed by atoms with E-state index in [1.54, 1.807) is 11.8 Å². The molecule has 0 aliphatic carbocycles. The van der Waals surface area contributed by atoms with Gasteiger partial charge < -0.3 is 14.7 Å². The summed E-state index contributed by atoms with van der Waals surface area (Å²) in [6, 6.07) is 0. The van der Waals surface area contributed by atoms with Crippen molar-refractivity contribution in [2.75, 3.05) is 19.7 Å². The first kappa shape index (κ1) is 11.0. The van der Waals surface area contributed by atoms with E-state index in [1.807, 2.05) is 0 Å². The lowest BCUT2D eigenvalue weighted by atomic mass is 9.90. The second-order valence-electron chi connectivity index (χ2n) is 4.61. The summed E-state index contributed by atoms with van der Waals surface area (Å²) in [6.07, 6.45) is 2.63. The second kappa shape index (κ2) is 3.81. The average Bonchev–Trinajstić information content (AvgIpc) is 2.85. The van der Waals surface area contributed by atoms with Crippen molar-refractivity contribution in [2.24, 2.45) is 5.41 Å². The molecule has 2 aliphatic heterocycles. The Morgan fingerprint density at radius 3 is 2.81 bits per heavy atom. The van der Waals surface area contributed by atoms with Crippen LogP contribution in [0.25, 0.3) is 0 Å². The summed E-state index contributed by atoms with van der Waals surface area (Å²) in [5, 5.41) is 9.06. The fourth-order valence-corrected chi connectivity index (χ4v) is 2.06. The number of hydrogen-bond donors (Lipinski definition) is 1. The van der Waals surface area contributed by atoms with Crippen molar-refractivity contribution in [3.63, 3.8) is 0 Å². The van der Waals surface area contributed by atoms with Crippen LogP contribution in [0.4, 0.5) is 0 Å². The summed E-state index contributed by atoms with van der Waals surface area (Å²) >= 11 is 0. The van der Waals surface area contributed by atoms with E-state index in [2.05, 4.69) is 0 Å². The summed E-state index contributed by atoms with van der Waals surface area (Å²) < 4.78 is 5.01. The van der Waals surface area contributed by atoms with Crippen molar-refractivity contribution in [3.05, 3.63) is 11.8 Å². The zero-order chi connectivity index (χ0) is 11.8. The highest BCUT2D eigenvalue weighted by Gasteiger charge is 2.42. The molecular weight excluding hydrogens is 210 g/mol. The molecule has 5 nitrogen and oxygen atoms in total. The molecule has 5 heteroatoms. The Morgan fingerprint density at radius 1 is 1.56 bits per heavy atom. The molecule has 0 bridgehead atoms. The van der Waals surface area contributed by atoms with Gasteiger partial charge in [-0.05, 0) is 13.3 Å². The van der Waals surface area contributed by atoms with E-state index in [9.17, 15) is 9.59 Å². The van der Waals surface area contributed by atoms with Crippen LogP contribution in [-0.4, -0.2) is 41.6 Å². The highest BCUT2D eigenvalue weighted by Crippen LogP contribution is 2.31. The lowest BCUT2D eigenvalue weighted by Gasteiger charge is -2.20. The Kier molecular flexibility index (Phi) is 2.61. The van der Waals surface area contributed by atoms with Crippen LogP contribution in [0, 0.1) is 5.41 Å². The summed E-state index contributed by atoms with van der Waals surface area (Å²) in [4.78, 5) is 24.6. The average molecular weight is 225 g/mol. The molecule has 2 heterocycles. The number of carboxylic acid groups (broad SMARTS) is 1. The third-order valence-electron chi connectivity index (χ3n) is 3.27. The summed E-state index contributed by atoms with van der Waals surface area (Å²) in [6.45, 7) is 3.03. The van der Waals surface area contributed by atoms with Gasteiger partial charge in [0.15, 0.2) is 0 Å². The minimum Gasteiger partial charge on any atom is -0.500 e. The fraction of sp³-hybridized carbons (Fsp3) is 0.636. The van der Waals surface area contributed by atoms with Crippen molar-refractivity contribution in [1.29, 1.82) is 0 Å². The van der Waals surface area contributed by atoms with E-state index >= 15 is 0 Å². The number of carbonyl (C=O) groups is 2. The first-order valence-electron chi connectivity index (χ1n) is 5.36. The molecule has 0 radical (unpaired) electrons. The molecule has 1 fully saturated rings. The summed E-state index contributed by atoms with van der Waals surface area (Å²) in [7, 11) is 0. The number of amides is 1. The minimum atomic E-state index is -0.834. The van der Waals surface area contributed by atoms with Crippen molar-refractivity contribution < 1.29 is 19.4 Å². The zero-order valence-electron chi connectivity index (χ0n) is 9.23. The van der Waals surface area contributed by atoms with E-state index in [-0.39, 0.29) is 5.91 Å². The lowest BCUT2D eigenvalue weighted by Crippen LogP contribution is -2.35. The Hall–Kier alpha value is -1.52. The van der Waals surface area contributed by atoms with Gasteiger partial charge in [0.1, 0.15) is 0 Å². The number of likely N-dealkylation sites (tertiary alicyclic amines) is 1. The van der Waals surface area contributed by atoms with Crippen molar-refractivity contribution in [2.45, 2.75) is 19.8 Å². The van der Waals surface area contributed by atoms with Crippen LogP contribution in [0.1, 0.15) is 19.8 Å². The molecule has 2 aliphatic rings. The van der Waals surface area contributed by atoms with E-state index in [0.29, 0.717) is 38.1 Å². The van der Waals surface area contributed by atoms with E-state index in [4.69, 9.17) is 9.84 Å². The number of carbonyl (C=O) groups excluding carboxylic acids is 1. The molecule has 2 rings (SSSR count). The van der Waals surface area contributed by atoms with Crippen molar-refractivity contribution in [1.82, 2.24) is 4.90 Å². The minimum absolute atomic E-state index is 0.0810. The van der Waals surface area contributed by atoms with Crippen molar-refractivity contribution in [3.8, 4) is 0 Å². The highest BCUT2D eigenvalue weighted by molar-refractivity contribution is 5.94. The van der Waals surface area contributed by atoms with E-state index in [1.165, 1.54) is 6.26 Å². The molecule has 0 spiro atoms. The van der Waals surface area contributed by atoms with Crippen LogP contribution in [0.5, 0.6) is 0 Å². The quantitative estimate of drug-likeness (QED) is 0.747. The second-order valence-corrected chi connectivity index (χ2v) is 4.61. The standard InChI is InChI=1S/C11H15NO4/c1-11(10(14)15)3-4-12(7-11)9(13)8-2-5-16-6-8/h6H,2-5,7H2,1H3,(H,14,15). The SMILES string of the molecule is CC1(C(=O)O)CCN(C(=O)C2=COCC2)C1. The van der Waals surface area contributed by atoms with Crippen LogP contribution in [0.15, 0.2) is 11.8 Å². The maximum atomic E-state index is 11.9. The molecule has 88 valence electrons.